The minimum atomic E-state index is -0.376. The van der Waals surface area contributed by atoms with E-state index in [0.717, 1.165) is 5.39 Å². The van der Waals surface area contributed by atoms with Gasteiger partial charge in [-0.1, -0.05) is 26.0 Å². The van der Waals surface area contributed by atoms with Crippen LogP contribution in [0.1, 0.15) is 24.2 Å². The number of hydrazine groups is 1. The molecule has 2 rings (SSSR count). The van der Waals surface area contributed by atoms with Crippen LogP contribution in [0, 0.1) is 5.92 Å². The number of benzene rings is 1. The summed E-state index contributed by atoms with van der Waals surface area (Å²) in [6.45, 7) is 3.49. The minimum absolute atomic E-state index is 0.187. The van der Waals surface area contributed by atoms with Crippen molar-refractivity contribution in [2.45, 2.75) is 13.8 Å². The molecule has 0 aliphatic rings. The second-order valence-corrected chi connectivity index (χ2v) is 4.24. The highest BCUT2D eigenvalue weighted by atomic mass is 16.2. The average Bonchev–Trinajstić information content (AvgIpc) is 2.83. The molecule has 0 spiro atoms. The van der Waals surface area contributed by atoms with Gasteiger partial charge in [0.25, 0.3) is 5.91 Å². The van der Waals surface area contributed by atoms with Crippen LogP contribution in [0.4, 0.5) is 0 Å². The topological polar surface area (TPSA) is 86.9 Å². The van der Waals surface area contributed by atoms with Gasteiger partial charge in [0, 0.05) is 11.3 Å². The number of fused-ring (bicyclic) bond motifs is 1. The molecule has 6 heteroatoms. The Balaban J connectivity index is 2.14. The molecular weight excluding hydrogens is 232 g/mol. The number of rotatable bonds is 2. The molecule has 6 nitrogen and oxygen atoms in total. The standard InChI is InChI=1S/C12H14N4O2/c1-7(2)11(17)15-16-12(18)9-5-3-4-8-6-13-14-10(8)9/h3-7H,1-2H3,(H,13,14)(H,15,17)(H,16,18). The van der Waals surface area contributed by atoms with Gasteiger partial charge in [-0.05, 0) is 6.07 Å². The minimum Gasteiger partial charge on any atom is -0.277 e. The van der Waals surface area contributed by atoms with Crippen molar-refractivity contribution in [3.8, 4) is 0 Å². The van der Waals surface area contributed by atoms with Crippen LogP contribution in [0.3, 0.4) is 0 Å². The molecule has 2 aromatic rings. The number of aromatic nitrogens is 2. The number of para-hydroxylation sites is 1. The molecule has 1 heterocycles. The Labute approximate surface area is 104 Å². The van der Waals surface area contributed by atoms with Crippen molar-refractivity contribution >= 4 is 22.7 Å². The number of H-pyrrole nitrogens is 1. The number of nitrogens with zero attached hydrogens (tertiary/aromatic N) is 1. The summed E-state index contributed by atoms with van der Waals surface area (Å²) in [5.74, 6) is -0.799. The van der Waals surface area contributed by atoms with Gasteiger partial charge in [0.1, 0.15) is 0 Å². The third kappa shape index (κ3) is 2.32. The second kappa shape index (κ2) is 4.87. The van der Waals surface area contributed by atoms with Crippen molar-refractivity contribution in [1.29, 1.82) is 0 Å². The fourth-order valence-electron chi connectivity index (χ4n) is 1.49. The maximum Gasteiger partial charge on any atom is 0.271 e. The molecule has 1 aromatic carbocycles. The van der Waals surface area contributed by atoms with E-state index in [4.69, 9.17) is 0 Å². The SMILES string of the molecule is CC(C)C(=O)NNC(=O)c1cccc2cn[nH]c12. The van der Waals surface area contributed by atoms with Gasteiger partial charge < -0.3 is 0 Å². The first-order valence-corrected chi connectivity index (χ1v) is 5.62. The van der Waals surface area contributed by atoms with Gasteiger partial charge in [0.2, 0.25) is 5.91 Å². The molecule has 0 atom stereocenters. The molecule has 2 amide bonds. The third-order valence-corrected chi connectivity index (χ3v) is 2.54. The molecular formula is C12H14N4O2. The van der Waals surface area contributed by atoms with Gasteiger partial charge in [-0.2, -0.15) is 5.10 Å². The lowest BCUT2D eigenvalue weighted by atomic mass is 10.1. The summed E-state index contributed by atoms with van der Waals surface area (Å²) in [5.41, 5.74) is 5.83. The molecule has 0 aliphatic heterocycles. The first kappa shape index (κ1) is 12.1. The van der Waals surface area contributed by atoms with E-state index in [1.165, 1.54) is 0 Å². The zero-order valence-corrected chi connectivity index (χ0v) is 10.2. The molecule has 94 valence electrons. The highest BCUT2D eigenvalue weighted by Crippen LogP contribution is 2.14. The van der Waals surface area contributed by atoms with E-state index in [2.05, 4.69) is 21.0 Å². The second-order valence-electron chi connectivity index (χ2n) is 4.24. The summed E-state index contributed by atoms with van der Waals surface area (Å²) >= 11 is 0. The van der Waals surface area contributed by atoms with Crippen molar-refractivity contribution in [3.05, 3.63) is 30.0 Å². The lowest BCUT2D eigenvalue weighted by Crippen LogP contribution is -2.43. The average molecular weight is 246 g/mol. The molecule has 0 radical (unpaired) electrons. The van der Waals surface area contributed by atoms with E-state index in [1.54, 1.807) is 32.2 Å². The van der Waals surface area contributed by atoms with Gasteiger partial charge in [0.15, 0.2) is 0 Å². The fourth-order valence-corrected chi connectivity index (χ4v) is 1.49. The normalized spacial score (nSPS) is 10.6. The van der Waals surface area contributed by atoms with Crippen molar-refractivity contribution in [2.75, 3.05) is 0 Å². The number of amides is 2. The van der Waals surface area contributed by atoms with E-state index in [0.29, 0.717) is 11.1 Å². The van der Waals surface area contributed by atoms with Crippen molar-refractivity contribution in [2.24, 2.45) is 5.92 Å². The maximum atomic E-state index is 11.9. The predicted octanol–water partition coefficient (Wildman–Crippen LogP) is 0.980. The maximum absolute atomic E-state index is 11.9. The van der Waals surface area contributed by atoms with Gasteiger partial charge in [0.05, 0.1) is 17.3 Å². The number of nitrogens with one attached hydrogen (secondary N) is 3. The molecule has 0 fully saturated rings. The van der Waals surface area contributed by atoms with Gasteiger partial charge in [-0.3, -0.25) is 25.5 Å². The molecule has 18 heavy (non-hydrogen) atoms. The number of carbonyl (C=O) groups is 2. The van der Waals surface area contributed by atoms with E-state index >= 15 is 0 Å². The van der Waals surface area contributed by atoms with E-state index in [9.17, 15) is 9.59 Å². The van der Waals surface area contributed by atoms with Crippen LogP contribution in [-0.4, -0.2) is 22.0 Å². The Morgan fingerprint density at radius 3 is 2.78 bits per heavy atom. The monoisotopic (exact) mass is 246 g/mol. The molecule has 0 bridgehead atoms. The summed E-state index contributed by atoms with van der Waals surface area (Å²) in [7, 11) is 0. The number of carbonyl (C=O) groups excluding carboxylic acids is 2. The summed E-state index contributed by atoms with van der Waals surface area (Å²) in [6.07, 6.45) is 1.64. The van der Waals surface area contributed by atoms with Crippen LogP contribution in [0.5, 0.6) is 0 Å². The van der Waals surface area contributed by atoms with Gasteiger partial charge in [-0.25, -0.2) is 0 Å². The highest BCUT2D eigenvalue weighted by Gasteiger charge is 2.13. The summed E-state index contributed by atoms with van der Waals surface area (Å²) in [4.78, 5) is 23.3. The fraction of sp³-hybridized carbons (Fsp3) is 0.250. The summed E-state index contributed by atoms with van der Waals surface area (Å²) < 4.78 is 0. The third-order valence-electron chi connectivity index (χ3n) is 2.54. The van der Waals surface area contributed by atoms with Crippen molar-refractivity contribution in [3.63, 3.8) is 0 Å². The zero-order valence-electron chi connectivity index (χ0n) is 10.2. The van der Waals surface area contributed by atoms with Crippen LogP contribution in [-0.2, 0) is 4.79 Å². The van der Waals surface area contributed by atoms with Crippen LogP contribution >= 0.6 is 0 Å². The largest absolute Gasteiger partial charge is 0.277 e. The molecule has 1 aromatic heterocycles. The molecule has 0 saturated heterocycles. The Hall–Kier alpha value is -2.37. The summed E-state index contributed by atoms with van der Waals surface area (Å²) in [5, 5.41) is 7.48. The number of hydrogen-bond donors (Lipinski definition) is 3. The lowest BCUT2D eigenvalue weighted by Gasteiger charge is -2.09. The Morgan fingerprint density at radius 2 is 2.06 bits per heavy atom. The van der Waals surface area contributed by atoms with Crippen molar-refractivity contribution < 1.29 is 9.59 Å². The summed E-state index contributed by atoms with van der Waals surface area (Å²) in [6, 6.07) is 5.27. The Morgan fingerprint density at radius 1 is 1.28 bits per heavy atom. The molecule has 0 unspecified atom stereocenters. The number of aromatic amines is 1. The van der Waals surface area contributed by atoms with E-state index < -0.39 is 0 Å². The van der Waals surface area contributed by atoms with E-state index in [-0.39, 0.29) is 17.7 Å². The quantitative estimate of drug-likeness (QED) is 0.690. The van der Waals surface area contributed by atoms with Crippen molar-refractivity contribution in [1.82, 2.24) is 21.0 Å². The van der Waals surface area contributed by atoms with Gasteiger partial charge >= 0.3 is 0 Å². The van der Waals surface area contributed by atoms with Crippen LogP contribution in [0.15, 0.2) is 24.4 Å². The smallest absolute Gasteiger partial charge is 0.271 e. The Kier molecular flexibility index (Phi) is 3.27. The van der Waals surface area contributed by atoms with Gasteiger partial charge in [-0.15, -0.1) is 0 Å². The highest BCUT2D eigenvalue weighted by molar-refractivity contribution is 6.05. The van der Waals surface area contributed by atoms with E-state index in [1.807, 2.05) is 6.07 Å². The Bertz CT molecular complexity index is 589. The van der Waals surface area contributed by atoms with Crippen LogP contribution < -0.4 is 10.9 Å². The molecule has 0 saturated carbocycles. The predicted molar refractivity (Wildman–Crippen MR) is 66.5 cm³/mol. The molecule has 3 N–H and O–H groups in total. The lowest BCUT2D eigenvalue weighted by molar-refractivity contribution is -0.124. The number of hydrogen-bond acceptors (Lipinski definition) is 3. The molecule has 0 aliphatic carbocycles. The first-order chi connectivity index (χ1) is 8.59. The first-order valence-electron chi connectivity index (χ1n) is 5.62. The van der Waals surface area contributed by atoms with Crippen LogP contribution in [0.2, 0.25) is 0 Å². The zero-order chi connectivity index (χ0) is 13.1. The van der Waals surface area contributed by atoms with Crippen LogP contribution in [0.25, 0.3) is 10.9 Å².